The fourth-order valence-corrected chi connectivity index (χ4v) is 3.21. The zero-order valence-corrected chi connectivity index (χ0v) is 15.5. The van der Waals surface area contributed by atoms with E-state index in [0.29, 0.717) is 25.9 Å². The summed E-state index contributed by atoms with van der Waals surface area (Å²) in [5, 5.41) is 15.3. The minimum absolute atomic E-state index is 0.173. The van der Waals surface area contributed by atoms with Gasteiger partial charge < -0.3 is 15.7 Å². The van der Waals surface area contributed by atoms with E-state index in [9.17, 15) is 9.90 Å². The van der Waals surface area contributed by atoms with Crippen LogP contribution in [-0.4, -0.2) is 41.8 Å². The van der Waals surface area contributed by atoms with Crippen molar-refractivity contribution in [1.29, 1.82) is 0 Å². The molecule has 1 atom stereocenters. The lowest BCUT2D eigenvalue weighted by Gasteiger charge is -2.21. The van der Waals surface area contributed by atoms with E-state index >= 15 is 0 Å². The van der Waals surface area contributed by atoms with E-state index in [1.54, 1.807) is 0 Å². The molecule has 140 valence electrons. The molecule has 1 aliphatic heterocycles. The standard InChI is InChI=1S/C20H33N3O2/c1-2-19(24)11-12-21-20(25)22-15-17-9-5-6-10-18(17)16-23-13-7-3-4-8-14-23/h5-6,9-10,19,24H,2-4,7-8,11-16H2,1H3,(H2,21,22,25). The molecule has 2 rings (SSSR count). The van der Waals surface area contributed by atoms with Crippen LogP contribution in [-0.2, 0) is 13.1 Å². The van der Waals surface area contributed by atoms with Crippen molar-refractivity contribution in [2.45, 2.75) is 64.6 Å². The lowest BCUT2D eigenvalue weighted by molar-refractivity contribution is 0.160. The predicted molar refractivity (Wildman–Crippen MR) is 101 cm³/mol. The molecule has 3 N–H and O–H groups in total. The summed E-state index contributed by atoms with van der Waals surface area (Å²) in [6, 6.07) is 8.18. The summed E-state index contributed by atoms with van der Waals surface area (Å²) in [7, 11) is 0. The Morgan fingerprint density at radius 1 is 1.12 bits per heavy atom. The van der Waals surface area contributed by atoms with Crippen LogP contribution in [0.15, 0.2) is 24.3 Å². The van der Waals surface area contributed by atoms with Gasteiger partial charge in [-0.25, -0.2) is 4.79 Å². The molecule has 0 aliphatic carbocycles. The van der Waals surface area contributed by atoms with Crippen molar-refractivity contribution in [3.63, 3.8) is 0 Å². The Kier molecular flexibility index (Phi) is 8.77. The number of likely N-dealkylation sites (tertiary alicyclic amines) is 1. The summed E-state index contributed by atoms with van der Waals surface area (Å²) in [6.45, 7) is 6.26. The van der Waals surface area contributed by atoms with Crippen LogP contribution >= 0.6 is 0 Å². The van der Waals surface area contributed by atoms with E-state index in [1.807, 2.05) is 13.0 Å². The molecule has 0 bridgehead atoms. The van der Waals surface area contributed by atoms with Crippen LogP contribution in [0.4, 0.5) is 4.79 Å². The van der Waals surface area contributed by atoms with Crippen molar-refractivity contribution >= 4 is 6.03 Å². The number of carbonyl (C=O) groups is 1. The number of urea groups is 1. The van der Waals surface area contributed by atoms with Crippen molar-refractivity contribution in [2.24, 2.45) is 0 Å². The van der Waals surface area contributed by atoms with Crippen LogP contribution in [0.1, 0.15) is 56.6 Å². The molecule has 1 fully saturated rings. The highest BCUT2D eigenvalue weighted by Gasteiger charge is 2.12. The Morgan fingerprint density at radius 3 is 2.48 bits per heavy atom. The van der Waals surface area contributed by atoms with Crippen molar-refractivity contribution in [2.75, 3.05) is 19.6 Å². The summed E-state index contributed by atoms with van der Waals surface area (Å²) in [4.78, 5) is 14.4. The Bertz CT molecular complexity index is 513. The number of carbonyl (C=O) groups excluding carboxylic acids is 1. The topological polar surface area (TPSA) is 64.6 Å². The Hall–Kier alpha value is -1.59. The molecule has 0 saturated carbocycles. The quantitative estimate of drug-likeness (QED) is 0.677. The van der Waals surface area contributed by atoms with Gasteiger partial charge in [0.1, 0.15) is 0 Å². The molecule has 0 aromatic heterocycles. The van der Waals surface area contributed by atoms with E-state index in [2.05, 4.69) is 33.7 Å². The Labute approximate surface area is 151 Å². The second kappa shape index (κ2) is 11.1. The first kappa shape index (κ1) is 19.7. The van der Waals surface area contributed by atoms with Crippen LogP contribution in [0, 0.1) is 0 Å². The predicted octanol–water partition coefficient (Wildman–Crippen LogP) is 3.02. The number of aliphatic hydroxyl groups excluding tert-OH is 1. The zero-order valence-electron chi connectivity index (χ0n) is 15.5. The molecular formula is C20H33N3O2. The van der Waals surface area contributed by atoms with Gasteiger partial charge in [-0.1, -0.05) is 44.0 Å². The van der Waals surface area contributed by atoms with Crippen molar-refractivity contribution < 1.29 is 9.90 Å². The number of aliphatic hydroxyl groups is 1. The van der Waals surface area contributed by atoms with Gasteiger partial charge >= 0.3 is 6.03 Å². The molecule has 5 nitrogen and oxygen atoms in total. The maximum Gasteiger partial charge on any atom is 0.315 e. The third-order valence-electron chi connectivity index (χ3n) is 4.88. The number of nitrogens with zero attached hydrogens (tertiary/aromatic N) is 1. The molecule has 1 heterocycles. The van der Waals surface area contributed by atoms with Crippen molar-refractivity contribution in [3.8, 4) is 0 Å². The first-order valence-corrected chi connectivity index (χ1v) is 9.68. The lowest BCUT2D eigenvalue weighted by atomic mass is 10.1. The third kappa shape index (κ3) is 7.45. The van der Waals surface area contributed by atoms with Gasteiger partial charge in [-0.15, -0.1) is 0 Å². The van der Waals surface area contributed by atoms with Gasteiger partial charge in [0.2, 0.25) is 0 Å². The monoisotopic (exact) mass is 347 g/mol. The van der Waals surface area contributed by atoms with Crippen molar-refractivity contribution in [1.82, 2.24) is 15.5 Å². The number of hydrogen-bond donors (Lipinski definition) is 3. The highest BCUT2D eigenvalue weighted by Crippen LogP contribution is 2.16. The van der Waals surface area contributed by atoms with Gasteiger partial charge in [-0.3, -0.25) is 4.90 Å². The van der Waals surface area contributed by atoms with E-state index in [-0.39, 0.29) is 12.1 Å². The maximum atomic E-state index is 11.9. The molecule has 1 aromatic rings. The minimum Gasteiger partial charge on any atom is -0.393 e. The molecule has 0 radical (unpaired) electrons. The molecule has 1 unspecified atom stereocenters. The van der Waals surface area contributed by atoms with Crippen LogP contribution in [0.5, 0.6) is 0 Å². The van der Waals surface area contributed by atoms with Crippen LogP contribution in [0.25, 0.3) is 0 Å². The molecule has 1 aliphatic rings. The Balaban J connectivity index is 1.80. The second-order valence-electron chi connectivity index (χ2n) is 6.92. The van der Waals surface area contributed by atoms with E-state index in [4.69, 9.17) is 0 Å². The molecule has 0 spiro atoms. The van der Waals surface area contributed by atoms with Crippen LogP contribution in [0.2, 0.25) is 0 Å². The zero-order chi connectivity index (χ0) is 17.9. The highest BCUT2D eigenvalue weighted by atomic mass is 16.3. The van der Waals surface area contributed by atoms with Gasteiger partial charge in [0.15, 0.2) is 0 Å². The largest absolute Gasteiger partial charge is 0.393 e. The van der Waals surface area contributed by atoms with Crippen LogP contribution in [0.3, 0.4) is 0 Å². The van der Waals surface area contributed by atoms with Gasteiger partial charge in [0.05, 0.1) is 6.10 Å². The molecule has 1 aromatic carbocycles. The molecular weight excluding hydrogens is 314 g/mol. The summed E-state index contributed by atoms with van der Waals surface area (Å²) in [5.41, 5.74) is 2.47. The smallest absolute Gasteiger partial charge is 0.315 e. The molecule has 2 amide bonds. The fraction of sp³-hybridized carbons (Fsp3) is 0.650. The lowest BCUT2D eigenvalue weighted by Crippen LogP contribution is -2.36. The second-order valence-corrected chi connectivity index (χ2v) is 6.92. The van der Waals surface area contributed by atoms with E-state index in [1.165, 1.54) is 49.9 Å². The number of rotatable bonds is 8. The average Bonchev–Trinajstić information content (AvgIpc) is 2.89. The normalized spacial score (nSPS) is 16.9. The Morgan fingerprint density at radius 2 is 1.80 bits per heavy atom. The number of amides is 2. The van der Waals surface area contributed by atoms with Gasteiger partial charge in [0.25, 0.3) is 0 Å². The summed E-state index contributed by atoms with van der Waals surface area (Å²) >= 11 is 0. The van der Waals surface area contributed by atoms with Crippen molar-refractivity contribution in [3.05, 3.63) is 35.4 Å². The van der Waals surface area contributed by atoms with Gasteiger partial charge in [-0.2, -0.15) is 0 Å². The third-order valence-corrected chi connectivity index (χ3v) is 4.88. The average molecular weight is 348 g/mol. The first-order chi connectivity index (χ1) is 12.2. The number of nitrogens with one attached hydrogen (secondary N) is 2. The summed E-state index contributed by atoms with van der Waals surface area (Å²) < 4.78 is 0. The SMILES string of the molecule is CCC(O)CCNC(=O)NCc1ccccc1CN1CCCCCC1. The summed E-state index contributed by atoms with van der Waals surface area (Å²) in [5.74, 6) is 0. The summed E-state index contributed by atoms with van der Waals surface area (Å²) in [6.07, 6.45) is 6.22. The molecule has 1 saturated heterocycles. The van der Waals surface area contributed by atoms with E-state index in [0.717, 1.165) is 6.54 Å². The van der Waals surface area contributed by atoms with Gasteiger partial charge in [0, 0.05) is 19.6 Å². The fourth-order valence-electron chi connectivity index (χ4n) is 3.21. The number of hydrogen-bond acceptors (Lipinski definition) is 3. The minimum atomic E-state index is -0.338. The maximum absolute atomic E-state index is 11.9. The molecule has 5 heteroatoms. The first-order valence-electron chi connectivity index (χ1n) is 9.68. The van der Waals surface area contributed by atoms with Gasteiger partial charge in [-0.05, 0) is 49.9 Å². The highest BCUT2D eigenvalue weighted by molar-refractivity contribution is 5.73. The van der Waals surface area contributed by atoms with E-state index < -0.39 is 0 Å². The molecule has 25 heavy (non-hydrogen) atoms. The number of benzene rings is 1. The van der Waals surface area contributed by atoms with Crippen LogP contribution < -0.4 is 10.6 Å².